The summed E-state index contributed by atoms with van der Waals surface area (Å²) in [6.07, 6.45) is 5.53. The summed E-state index contributed by atoms with van der Waals surface area (Å²) in [5.74, 6) is 0.641. The van der Waals surface area contributed by atoms with E-state index in [1.165, 1.54) is 16.7 Å². The van der Waals surface area contributed by atoms with E-state index in [4.69, 9.17) is 0 Å². The summed E-state index contributed by atoms with van der Waals surface area (Å²) in [5, 5.41) is 0. The van der Waals surface area contributed by atoms with Crippen LogP contribution in [0.1, 0.15) is 30.5 Å². The van der Waals surface area contributed by atoms with E-state index in [9.17, 15) is 0 Å². The van der Waals surface area contributed by atoms with Crippen LogP contribution in [-0.4, -0.2) is 0 Å². The number of allylic oxidation sites excluding steroid dienone is 2. The highest BCUT2D eigenvalue weighted by atomic mass is 14.1. The highest BCUT2D eigenvalue weighted by Gasteiger charge is 2.00. The lowest BCUT2D eigenvalue weighted by atomic mass is 9.98. The van der Waals surface area contributed by atoms with E-state index in [1.54, 1.807) is 0 Å². The number of benzene rings is 1. The Morgan fingerprint density at radius 3 is 2.50 bits per heavy atom. The quantitative estimate of drug-likeness (QED) is 0.627. The summed E-state index contributed by atoms with van der Waals surface area (Å²) < 4.78 is 0. The highest BCUT2D eigenvalue weighted by Crippen LogP contribution is 2.14. The van der Waals surface area contributed by atoms with Crippen LogP contribution in [0.4, 0.5) is 0 Å². The molecule has 0 amide bonds. The van der Waals surface area contributed by atoms with E-state index < -0.39 is 0 Å². The zero-order chi connectivity index (χ0) is 10.6. The molecule has 0 spiro atoms. The summed E-state index contributed by atoms with van der Waals surface area (Å²) in [6, 6.07) is 6.75. The predicted octanol–water partition coefficient (Wildman–Crippen LogP) is 4.06. The fourth-order valence-corrected chi connectivity index (χ4v) is 1.70. The van der Waals surface area contributed by atoms with Crippen molar-refractivity contribution in [1.29, 1.82) is 0 Å². The van der Waals surface area contributed by atoms with E-state index in [2.05, 4.69) is 58.0 Å². The third kappa shape index (κ3) is 3.02. The molecule has 1 atom stereocenters. The third-order valence-corrected chi connectivity index (χ3v) is 2.65. The van der Waals surface area contributed by atoms with Gasteiger partial charge in [-0.1, -0.05) is 37.3 Å². The van der Waals surface area contributed by atoms with Crippen molar-refractivity contribution >= 4 is 0 Å². The molecule has 1 aromatic rings. The lowest BCUT2D eigenvalue weighted by Gasteiger charge is -2.08. The molecule has 0 aliphatic rings. The van der Waals surface area contributed by atoms with Gasteiger partial charge >= 0.3 is 0 Å². The van der Waals surface area contributed by atoms with Crippen LogP contribution in [0, 0.1) is 19.8 Å². The van der Waals surface area contributed by atoms with Gasteiger partial charge in [-0.2, -0.15) is 0 Å². The van der Waals surface area contributed by atoms with Crippen LogP contribution < -0.4 is 0 Å². The third-order valence-electron chi connectivity index (χ3n) is 2.65. The molecule has 0 aromatic heterocycles. The minimum Gasteiger partial charge on any atom is -0.0914 e. The fourth-order valence-electron chi connectivity index (χ4n) is 1.70. The first kappa shape index (κ1) is 11.0. The molecule has 0 saturated heterocycles. The summed E-state index contributed by atoms with van der Waals surface area (Å²) in [6.45, 7) is 8.68. The maximum atomic E-state index is 2.30. The monoisotopic (exact) mass is 188 g/mol. The van der Waals surface area contributed by atoms with E-state index in [0.717, 1.165) is 6.42 Å². The first-order valence-electron chi connectivity index (χ1n) is 5.32. The molecule has 1 aromatic carbocycles. The minimum atomic E-state index is 0.641. The van der Waals surface area contributed by atoms with Gasteiger partial charge in [-0.05, 0) is 49.8 Å². The van der Waals surface area contributed by atoms with Gasteiger partial charge in [-0.15, -0.1) is 0 Å². The number of hydrogen-bond acceptors (Lipinski definition) is 0. The van der Waals surface area contributed by atoms with Gasteiger partial charge in [0.25, 0.3) is 0 Å². The molecule has 0 bridgehead atoms. The van der Waals surface area contributed by atoms with Gasteiger partial charge in [0.2, 0.25) is 0 Å². The van der Waals surface area contributed by atoms with E-state index in [0.29, 0.717) is 5.92 Å². The van der Waals surface area contributed by atoms with Gasteiger partial charge < -0.3 is 0 Å². The molecule has 0 fully saturated rings. The van der Waals surface area contributed by atoms with E-state index >= 15 is 0 Å². The van der Waals surface area contributed by atoms with Crippen molar-refractivity contribution in [2.45, 2.75) is 34.1 Å². The van der Waals surface area contributed by atoms with Gasteiger partial charge in [-0.3, -0.25) is 0 Å². The van der Waals surface area contributed by atoms with Gasteiger partial charge in [-0.25, -0.2) is 0 Å². The van der Waals surface area contributed by atoms with E-state index in [1.807, 2.05) is 0 Å². The zero-order valence-electron chi connectivity index (χ0n) is 9.67. The molecule has 0 N–H and O–H groups in total. The molecule has 0 nitrogen and oxygen atoms in total. The topological polar surface area (TPSA) is 0 Å². The Balaban J connectivity index is 2.73. The largest absolute Gasteiger partial charge is 0.0914 e. The maximum Gasteiger partial charge on any atom is -0.0218 e. The van der Waals surface area contributed by atoms with Crippen molar-refractivity contribution < 1.29 is 0 Å². The normalized spacial score (nSPS) is 13.4. The van der Waals surface area contributed by atoms with Gasteiger partial charge in [0.1, 0.15) is 0 Å². The molecule has 1 unspecified atom stereocenters. The van der Waals surface area contributed by atoms with Crippen molar-refractivity contribution in [1.82, 2.24) is 0 Å². The van der Waals surface area contributed by atoms with Crippen molar-refractivity contribution in [3.63, 3.8) is 0 Å². The van der Waals surface area contributed by atoms with Crippen LogP contribution in [0.3, 0.4) is 0 Å². The van der Waals surface area contributed by atoms with Crippen LogP contribution >= 0.6 is 0 Å². The molecular weight excluding hydrogens is 168 g/mol. The Hall–Kier alpha value is -1.04. The number of rotatable bonds is 3. The Kier molecular flexibility index (Phi) is 3.94. The molecule has 76 valence electrons. The van der Waals surface area contributed by atoms with Crippen LogP contribution in [-0.2, 0) is 6.42 Å². The van der Waals surface area contributed by atoms with Crippen molar-refractivity contribution in [2.75, 3.05) is 0 Å². The van der Waals surface area contributed by atoms with Crippen LogP contribution in [0.15, 0.2) is 30.4 Å². The van der Waals surface area contributed by atoms with Crippen LogP contribution in [0.2, 0.25) is 0 Å². The summed E-state index contributed by atoms with van der Waals surface area (Å²) in [4.78, 5) is 0. The summed E-state index contributed by atoms with van der Waals surface area (Å²) in [7, 11) is 0. The molecule has 0 saturated carbocycles. The molecule has 0 aliphatic heterocycles. The summed E-state index contributed by atoms with van der Waals surface area (Å²) >= 11 is 0. The molecule has 0 heterocycles. The minimum absolute atomic E-state index is 0.641. The summed E-state index contributed by atoms with van der Waals surface area (Å²) in [5.41, 5.74) is 4.22. The average Bonchev–Trinajstić information content (AvgIpc) is 2.12. The molecule has 1 rings (SSSR count). The highest BCUT2D eigenvalue weighted by molar-refractivity contribution is 5.30. The predicted molar refractivity (Wildman–Crippen MR) is 63.6 cm³/mol. The van der Waals surface area contributed by atoms with Gasteiger partial charge in [0.05, 0.1) is 0 Å². The fraction of sp³-hybridized carbons (Fsp3) is 0.429. The standard InChI is InChI=1S/C14H20/c1-5-6-11(2)9-14-8-7-12(3)13(4)10-14/h5-8,10-11H,9H2,1-4H3/b6-5-. The van der Waals surface area contributed by atoms with Crippen molar-refractivity contribution in [3.8, 4) is 0 Å². The zero-order valence-corrected chi connectivity index (χ0v) is 9.67. The first-order chi connectivity index (χ1) is 6.63. The smallest absolute Gasteiger partial charge is 0.0218 e. The lowest BCUT2D eigenvalue weighted by molar-refractivity contribution is 0.722. The van der Waals surface area contributed by atoms with Crippen molar-refractivity contribution in [3.05, 3.63) is 47.0 Å². The van der Waals surface area contributed by atoms with E-state index in [-0.39, 0.29) is 0 Å². The molecule has 14 heavy (non-hydrogen) atoms. The van der Waals surface area contributed by atoms with Crippen molar-refractivity contribution in [2.24, 2.45) is 5.92 Å². The van der Waals surface area contributed by atoms with Crippen LogP contribution in [0.25, 0.3) is 0 Å². The number of hydrogen-bond donors (Lipinski definition) is 0. The van der Waals surface area contributed by atoms with Gasteiger partial charge in [0, 0.05) is 0 Å². The second kappa shape index (κ2) is 4.99. The number of aryl methyl sites for hydroxylation is 2. The second-order valence-electron chi connectivity index (χ2n) is 4.13. The second-order valence-corrected chi connectivity index (χ2v) is 4.13. The Labute approximate surface area is 87.7 Å². The SMILES string of the molecule is C/C=C\C(C)Cc1ccc(C)c(C)c1. The van der Waals surface area contributed by atoms with Crippen LogP contribution in [0.5, 0.6) is 0 Å². The molecule has 0 heteroatoms. The molecular formula is C14H20. The molecule has 0 aliphatic carbocycles. The maximum absolute atomic E-state index is 2.30. The van der Waals surface area contributed by atoms with Gasteiger partial charge in [0.15, 0.2) is 0 Å². The first-order valence-corrected chi connectivity index (χ1v) is 5.32. The molecule has 0 radical (unpaired) electrons. The Morgan fingerprint density at radius 1 is 1.21 bits per heavy atom. The Morgan fingerprint density at radius 2 is 1.93 bits per heavy atom. The lowest BCUT2D eigenvalue weighted by Crippen LogP contribution is -1.96. The average molecular weight is 188 g/mol. The Bertz CT molecular complexity index is 321.